The number of ether oxygens (including phenoxy) is 1. The number of likely N-dealkylation sites (tertiary alicyclic amines) is 1. The van der Waals surface area contributed by atoms with Gasteiger partial charge in [0, 0.05) is 29.9 Å². The molecule has 0 unspecified atom stereocenters. The first-order valence-corrected chi connectivity index (χ1v) is 10.9. The summed E-state index contributed by atoms with van der Waals surface area (Å²) in [5, 5.41) is 2.88. The van der Waals surface area contributed by atoms with Crippen LogP contribution in [0.15, 0.2) is 48.5 Å². The van der Waals surface area contributed by atoms with Crippen LogP contribution in [0.1, 0.15) is 60.7 Å². The molecule has 1 fully saturated rings. The topological polar surface area (TPSA) is 58.6 Å². The van der Waals surface area contributed by atoms with Crippen molar-refractivity contribution < 1.29 is 14.3 Å². The van der Waals surface area contributed by atoms with Crippen molar-refractivity contribution >= 4 is 17.5 Å². The number of carbonyl (C=O) groups excluding carboxylic acids is 2. The quantitative estimate of drug-likeness (QED) is 0.682. The number of piperidine rings is 1. The predicted molar refractivity (Wildman–Crippen MR) is 120 cm³/mol. The summed E-state index contributed by atoms with van der Waals surface area (Å²) in [4.78, 5) is 27.0. The van der Waals surface area contributed by atoms with Gasteiger partial charge in [0.2, 0.25) is 0 Å². The molecule has 1 aliphatic rings. The number of hydrogen-bond acceptors (Lipinski definition) is 3. The van der Waals surface area contributed by atoms with Gasteiger partial charge in [0.25, 0.3) is 11.8 Å². The molecule has 0 radical (unpaired) electrons. The summed E-state index contributed by atoms with van der Waals surface area (Å²) in [6.45, 7) is 8.85. The second-order valence-electron chi connectivity index (χ2n) is 8.56. The van der Waals surface area contributed by atoms with Gasteiger partial charge < -0.3 is 15.0 Å². The van der Waals surface area contributed by atoms with Gasteiger partial charge in [-0.05, 0) is 79.6 Å². The molecule has 2 aromatic rings. The van der Waals surface area contributed by atoms with E-state index in [2.05, 4.69) is 26.1 Å². The molecule has 0 aliphatic carbocycles. The SMILES string of the molecule is CC(C)CCOc1ccc(C(=O)Nc2ccc(C(=O)N3CCC(C)CC3)cc2)cc1. The molecule has 1 saturated heterocycles. The highest BCUT2D eigenvalue weighted by molar-refractivity contribution is 6.04. The highest BCUT2D eigenvalue weighted by Gasteiger charge is 2.21. The van der Waals surface area contributed by atoms with Crippen molar-refractivity contribution in [1.82, 2.24) is 4.90 Å². The number of anilines is 1. The van der Waals surface area contributed by atoms with E-state index in [0.29, 0.717) is 35.3 Å². The second kappa shape index (κ2) is 10.3. The lowest BCUT2D eigenvalue weighted by molar-refractivity contribution is 0.0697. The average molecular weight is 409 g/mol. The summed E-state index contributed by atoms with van der Waals surface area (Å²) in [6, 6.07) is 14.3. The number of benzene rings is 2. The highest BCUT2D eigenvalue weighted by Crippen LogP contribution is 2.20. The Morgan fingerprint density at radius 3 is 2.20 bits per heavy atom. The number of nitrogens with one attached hydrogen (secondary N) is 1. The fraction of sp³-hybridized carbons (Fsp3) is 0.440. The molecule has 5 nitrogen and oxygen atoms in total. The maximum Gasteiger partial charge on any atom is 0.255 e. The van der Waals surface area contributed by atoms with Gasteiger partial charge in [0.05, 0.1) is 6.61 Å². The molecule has 0 bridgehead atoms. The van der Waals surface area contributed by atoms with Gasteiger partial charge in [-0.25, -0.2) is 0 Å². The Bertz CT molecular complexity index is 836. The molecule has 1 N–H and O–H groups in total. The van der Waals surface area contributed by atoms with Crippen LogP contribution in [-0.4, -0.2) is 36.4 Å². The Hall–Kier alpha value is -2.82. The molecule has 0 saturated carbocycles. The van der Waals surface area contributed by atoms with Crippen molar-refractivity contribution in [2.75, 3.05) is 25.0 Å². The van der Waals surface area contributed by atoms with Crippen LogP contribution in [0, 0.1) is 11.8 Å². The molecule has 5 heteroatoms. The minimum absolute atomic E-state index is 0.0628. The van der Waals surface area contributed by atoms with Crippen molar-refractivity contribution in [3.05, 3.63) is 59.7 Å². The number of hydrogen-bond donors (Lipinski definition) is 1. The third-order valence-electron chi connectivity index (χ3n) is 5.54. The first-order valence-electron chi connectivity index (χ1n) is 10.9. The summed E-state index contributed by atoms with van der Waals surface area (Å²) < 4.78 is 5.69. The van der Waals surface area contributed by atoms with Gasteiger partial charge >= 0.3 is 0 Å². The Labute approximate surface area is 179 Å². The largest absolute Gasteiger partial charge is 0.494 e. The van der Waals surface area contributed by atoms with E-state index in [1.807, 2.05) is 17.0 Å². The van der Waals surface area contributed by atoms with Crippen LogP contribution >= 0.6 is 0 Å². The van der Waals surface area contributed by atoms with Crippen LogP contribution in [0.4, 0.5) is 5.69 Å². The van der Waals surface area contributed by atoms with Crippen LogP contribution in [0.5, 0.6) is 5.75 Å². The normalized spacial score (nSPS) is 14.6. The summed E-state index contributed by atoms with van der Waals surface area (Å²) in [5.74, 6) is 1.93. The van der Waals surface area contributed by atoms with E-state index in [0.717, 1.165) is 38.1 Å². The molecule has 3 rings (SSSR count). The first-order chi connectivity index (χ1) is 14.4. The summed E-state index contributed by atoms with van der Waals surface area (Å²) in [7, 11) is 0. The predicted octanol–water partition coefficient (Wildman–Crippen LogP) is 5.24. The fourth-order valence-electron chi connectivity index (χ4n) is 3.41. The van der Waals surface area contributed by atoms with E-state index in [4.69, 9.17) is 4.74 Å². The maximum absolute atomic E-state index is 12.6. The van der Waals surface area contributed by atoms with E-state index in [-0.39, 0.29) is 11.8 Å². The molecule has 0 aromatic heterocycles. The second-order valence-corrected chi connectivity index (χ2v) is 8.56. The smallest absolute Gasteiger partial charge is 0.255 e. The lowest BCUT2D eigenvalue weighted by Gasteiger charge is -2.30. The molecule has 30 heavy (non-hydrogen) atoms. The van der Waals surface area contributed by atoms with Crippen LogP contribution in [0.3, 0.4) is 0 Å². The van der Waals surface area contributed by atoms with Crippen LogP contribution < -0.4 is 10.1 Å². The Kier molecular flexibility index (Phi) is 7.50. The molecule has 0 spiro atoms. The van der Waals surface area contributed by atoms with Gasteiger partial charge in [0.15, 0.2) is 0 Å². The minimum Gasteiger partial charge on any atom is -0.494 e. The molecule has 2 aromatic carbocycles. The van der Waals surface area contributed by atoms with Crippen molar-refractivity contribution in [3.63, 3.8) is 0 Å². The lowest BCUT2D eigenvalue weighted by atomic mass is 9.98. The van der Waals surface area contributed by atoms with E-state index in [1.54, 1.807) is 36.4 Å². The zero-order chi connectivity index (χ0) is 21.5. The third kappa shape index (κ3) is 6.09. The monoisotopic (exact) mass is 408 g/mol. The van der Waals surface area contributed by atoms with Gasteiger partial charge in [0.1, 0.15) is 5.75 Å². The molecule has 0 atom stereocenters. The van der Waals surface area contributed by atoms with Gasteiger partial charge in [-0.1, -0.05) is 20.8 Å². The summed E-state index contributed by atoms with van der Waals surface area (Å²) in [5.41, 5.74) is 1.89. The zero-order valence-electron chi connectivity index (χ0n) is 18.2. The summed E-state index contributed by atoms with van der Waals surface area (Å²) >= 11 is 0. The van der Waals surface area contributed by atoms with Crippen molar-refractivity contribution in [2.45, 2.75) is 40.0 Å². The molecule has 160 valence electrons. The van der Waals surface area contributed by atoms with Crippen molar-refractivity contribution in [3.8, 4) is 5.75 Å². The fourth-order valence-corrected chi connectivity index (χ4v) is 3.41. The van der Waals surface area contributed by atoms with E-state index >= 15 is 0 Å². The maximum atomic E-state index is 12.6. The van der Waals surface area contributed by atoms with Crippen molar-refractivity contribution in [1.29, 1.82) is 0 Å². The van der Waals surface area contributed by atoms with Gasteiger partial charge in [-0.15, -0.1) is 0 Å². The molecular weight excluding hydrogens is 376 g/mol. The van der Waals surface area contributed by atoms with E-state index in [1.165, 1.54) is 0 Å². The first kappa shape index (κ1) is 21.9. The van der Waals surface area contributed by atoms with Crippen LogP contribution in [0.25, 0.3) is 0 Å². The Morgan fingerprint density at radius 1 is 1.00 bits per heavy atom. The summed E-state index contributed by atoms with van der Waals surface area (Å²) in [6.07, 6.45) is 3.11. The van der Waals surface area contributed by atoms with Crippen LogP contribution in [-0.2, 0) is 0 Å². The minimum atomic E-state index is -0.187. The van der Waals surface area contributed by atoms with E-state index in [9.17, 15) is 9.59 Å². The van der Waals surface area contributed by atoms with Crippen LogP contribution in [0.2, 0.25) is 0 Å². The molecule has 1 heterocycles. The lowest BCUT2D eigenvalue weighted by Crippen LogP contribution is -2.37. The number of carbonyl (C=O) groups is 2. The Balaban J connectivity index is 1.53. The van der Waals surface area contributed by atoms with Crippen molar-refractivity contribution in [2.24, 2.45) is 11.8 Å². The standard InChI is InChI=1S/C25H32N2O3/c1-18(2)14-17-30-23-10-6-20(7-11-23)24(28)26-22-8-4-21(5-9-22)25(29)27-15-12-19(3)13-16-27/h4-11,18-19H,12-17H2,1-3H3,(H,26,28). The van der Waals surface area contributed by atoms with Gasteiger partial charge in [-0.2, -0.15) is 0 Å². The van der Waals surface area contributed by atoms with E-state index < -0.39 is 0 Å². The third-order valence-corrected chi connectivity index (χ3v) is 5.54. The molecule has 2 amide bonds. The van der Waals surface area contributed by atoms with Gasteiger partial charge in [-0.3, -0.25) is 9.59 Å². The highest BCUT2D eigenvalue weighted by atomic mass is 16.5. The number of nitrogens with zero attached hydrogens (tertiary/aromatic N) is 1. The zero-order valence-corrected chi connectivity index (χ0v) is 18.2. The average Bonchev–Trinajstić information content (AvgIpc) is 2.74. The molecular formula is C25H32N2O3. The molecule has 1 aliphatic heterocycles. The number of amides is 2. The number of rotatable bonds is 7. The Morgan fingerprint density at radius 2 is 1.60 bits per heavy atom.